The number of benzene rings is 2. The maximum Gasteiger partial charge on any atom is 0.277 e. The second-order valence-corrected chi connectivity index (χ2v) is 7.36. The first-order valence-electron chi connectivity index (χ1n) is 8.62. The summed E-state index contributed by atoms with van der Waals surface area (Å²) in [7, 11) is 1.62. The van der Waals surface area contributed by atoms with E-state index >= 15 is 0 Å². The molecule has 0 saturated carbocycles. The smallest absolute Gasteiger partial charge is 0.277 e. The number of aryl methyl sites for hydroxylation is 1. The number of rotatable bonds is 6. The summed E-state index contributed by atoms with van der Waals surface area (Å²) < 4.78 is 10.8. The fourth-order valence-corrected chi connectivity index (χ4v) is 3.47. The molecule has 0 bridgehead atoms. The van der Waals surface area contributed by atoms with E-state index in [9.17, 15) is 4.79 Å². The van der Waals surface area contributed by atoms with E-state index in [-0.39, 0.29) is 11.5 Å². The molecule has 0 aliphatic rings. The van der Waals surface area contributed by atoms with E-state index in [4.69, 9.17) is 9.15 Å². The molecular formula is C21H22N2O3S. The summed E-state index contributed by atoms with van der Waals surface area (Å²) >= 11 is 1.26. The molecule has 1 aromatic heterocycles. The summed E-state index contributed by atoms with van der Waals surface area (Å²) in [6, 6.07) is 9.35. The number of nitrogens with zero attached hydrogens (tertiary/aromatic N) is 2. The number of hydrogen-bond donors (Lipinski definition) is 0. The fourth-order valence-electron chi connectivity index (χ4n) is 2.83. The van der Waals surface area contributed by atoms with E-state index in [0.717, 1.165) is 28.0 Å². The summed E-state index contributed by atoms with van der Waals surface area (Å²) in [6.45, 7) is 8.17. The van der Waals surface area contributed by atoms with Gasteiger partial charge in [0.2, 0.25) is 5.89 Å². The third-order valence-corrected chi connectivity index (χ3v) is 5.67. The first-order chi connectivity index (χ1) is 12.9. The Hall–Kier alpha value is -2.60. The van der Waals surface area contributed by atoms with Crippen molar-refractivity contribution in [3.63, 3.8) is 0 Å². The van der Waals surface area contributed by atoms with Gasteiger partial charge in [0.15, 0.2) is 5.78 Å². The Morgan fingerprint density at radius 3 is 2.41 bits per heavy atom. The quantitative estimate of drug-likeness (QED) is 0.444. The summed E-state index contributed by atoms with van der Waals surface area (Å²) in [5.74, 6) is 1.50. The number of ketones is 1. The average molecular weight is 382 g/mol. The lowest BCUT2D eigenvalue weighted by molar-refractivity contribution is 0.102. The molecule has 0 spiro atoms. The normalized spacial score (nSPS) is 10.9. The van der Waals surface area contributed by atoms with Crippen LogP contribution >= 0.6 is 11.8 Å². The van der Waals surface area contributed by atoms with Crippen LogP contribution in [0.4, 0.5) is 0 Å². The minimum Gasteiger partial charge on any atom is -0.497 e. The number of aromatic nitrogens is 2. The number of thioether (sulfide) groups is 1. The van der Waals surface area contributed by atoms with Crippen LogP contribution < -0.4 is 4.74 Å². The second-order valence-electron chi connectivity index (χ2n) is 6.43. The summed E-state index contributed by atoms with van der Waals surface area (Å²) in [5.41, 5.74) is 6.14. The zero-order chi connectivity index (χ0) is 19.6. The Morgan fingerprint density at radius 2 is 1.74 bits per heavy atom. The Labute approximate surface area is 163 Å². The molecule has 0 unspecified atom stereocenters. The van der Waals surface area contributed by atoms with Crippen LogP contribution in [-0.4, -0.2) is 28.8 Å². The molecule has 0 aliphatic carbocycles. The lowest BCUT2D eigenvalue weighted by atomic mass is 9.93. The lowest BCUT2D eigenvalue weighted by Gasteiger charge is -2.13. The predicted octanol–water partition coefficient (Wildman–Crippen LogP) is 4.95. The monoisotopic (exact) mass is 382 g/mol. The van der Waals surface area contributed by atoms with Crippen LogP contribution in [-0.2, 0) is 0 Å². The Morgan fingerprint density at radius 1 is 1.04 bits per heavy atom. The third-order valence-electron chi connectivity index (χ3n) is 4.85. The second kappa shape index (κ2) is 7.96. The van der Waals surface area contributed by atoms with Gasteiger partial charge in [0.05, 0.1) is 12.9 Å². The van der Waals surface area contributed by atoms with Crippen LogP contribution in [0.15, 0.2) is 40.0 Å². The minimum atomic E-state index is 0.0629. The maximum atomic E-state index is 12.7. The molecule has 27 heavy (non-hydrogen) atoms. The number of Topliss-reactive ketones (excluding diaryl/α,β-unsaturated/α-hetero) is 1. The Bertz CT molecular complexity index is 978. The number of methoxy groups -OCH3 is 1. The standard InChI is InChI=1S/C21H22N2O3S/c1-12-10-18(15(4)14(3)13(12)2)19(24)11-27-21-23-22-20(26-21)16-6-8-17(25-5)9-7-16/h6-10H,11H2,1-5H3. The average Bonchev–Trinajstić information content (AvgIpc) is 3.16. The molecule has 2 aromatic carbocycles. The van der Waals surface area contributed by atoms with E-state index in [1.807, 2.05) is 44.2 Å². The molecule has 0 radical (unpaired) electrons. The van der Waals surface area contributed by atoms with E-state index in [1.54, 1.807) is 7.11 Å². The van der Waals surface area contributed by atoms with Crippen molar-refractivity contribution in [3.05, 3.63) is 58.1 Å². The van der Waals surface area contributed by atoms with Gasteiger partial charge in [-0.15, -0.1) is 10.2 Å². The summed E-state index contributed by atoms with van der Waals surface area (Å²) in [5, 5.41) is 8.48. The molecule has 3 aromatic rings. The Balaban J connectivity index is 1.70. The zero-order valence-electron chi connectivity index (χ0n) is 16.1. The van der Waals surface area contributed by atoms with Crippen LogP contribution in [0.5, 0.6) is 5.75 Å². The fraction of sp³-hybridized carbons (Fsp3) is 0.286. The van der Waals surface area contributed by atoms with Crippen molar-refractivity contribution in [1.82, 2.24) is 10.2 Å². The minimum absolute atomic E-state index is 0.0629. The highest BCUT2D eigenvalue weighted by molar-refractivity contribution is 7.99. The molecule has 3 rings (SSSR count). The third kappa shape index (κ3) is 4.06. The molecule has 0 amide bonds. The van der Waals surface area contributed by atoms with Gasteiger partial charge in [-0.25, -0.2) is 0 Å². The van der Waals surface area contributed by atoms with Crippen LogP contribution in [0.25, 0.3) is 11.5 Å². The van der Waals surface area contributed by atoms with Crippen molar-refractivity contribution >= 4 is 17.5 Å². The molecule has 0 fully saturated rings. The maximum absolute atomic E-state index is 12.7. The zero-order valence-corrected chi connectivity index (χ0v) is 16.9. The van der Waals surface area contributed by atoms with E-state index in [2.05, 4.69) is 24.0 Å². The first kappa shape index (κ1) is 19.2. The van der Waals surface area contributed by atoms with Crippen molar-refractivity contribution in [1.29, 1.82) is 0 Å². The number of hydrogen-bond acceptors (Lipinski definition) is 6. The highest BCUT2D eigenvalue weighted by atomic mass is 32.2. The molecule has 0 aliphatic heterocycles. The van der Waals surface area contributed by atoms with Gasteiger partial charge in [-0.2, -0.15) is 0 Å². The topological polar surface area (TPSA) is 65.2 Å². The highest BCUT2D eigenvalue weighted by Gasteiger charge is 2.16. The van der Waals surface area contributed by atoms with Crippen molar-refractivity contribution in [2.45, 2.75) is 32.9 Å². The van der Waals surface area contributed by atoms with Crippen molar-refractivity contribution in [2.24, 2.45) is 0 Å². The van der Waals surface area contributed by atoms with Gasteiger partial charge < -0.3 is 9.15 Å². The SMILES string of the molecule is COc1ccc(-c2nnc(SCC(=O)c3cc(C)c(C)c(C)c3C)o2)cc1. The number of ether oxygens (including phenoxy) is 1. The van der Waals surface area contributed by atoms with Crippen molar-refractivity contribution in [2.75, 3.05) is 12.9 Å². The largest absolute Gasteiger partial charge is 0.497 e. The van der Waals surface area contributed by atoms with Gasteiger partial charge in [-0.1, -0.05) is 11.8 Å². The van der Waals surface area contributed by atoms with Crippen molar-refractivity contribution < 1.29 is 13.9 Å². The van der Waals surface area contributed by atoms with Gasteiger partial charge >= 0.3 is 0 Å². The van der Waals surface area contributed by atoms with Gasteiger partial charge in [-0.3, -0.25) is 4.79 Å². The molecule has 1 heterocycles. The predicted molar refractivity (Wildman–Crippen MR) is 107 cm³/mol. The van der Waals surface area contributed by atoms with Gasteiger partial charge in [0, 0.05) is 11.1 Å². The molecule has 0 saturated heterocycles. The molecule has 5 nitrogen and oxygen atoms in total. The molecule has 140 valence electrons. The highest BCUT2D eigenvalue weighted by Crippen LogP contribution is 2.27. The van der Waals surface area contributed by atoms with Crippen LogP contribution in [0.1, 0.15) is 32.6 Å². The summed E-state index contributed by atoms with van der Waals surface area (Å²) in [4.78, 5) is 12.7. The van der Waals surface area contributed by atoms with E-state index in [1.165, 1.54) is 22.9 Å². The van der Waals surface area contributed by atoms with Gasteiger partial charge in [0.25, 0.3) is 5.22 Å². The van der Waals surface area contributed by atoms with Crippen LogP contribution in [0, 0.1) is 27.7 Å². The van der Waals surface area contributed by atoms with Crippen LogP contribution in [0.3, 0.4) is 0 Å². The van der Waals surface area contributed by atoms with Gasteiger partial charge in [-0.05, 0) is 80.3 Å². The number of carbonyl (C=O) groups is 1. The molecule has 0 atom stereocenters. The Kier molecular flexibility index (Phi) is 5.65. The van der Waals surface area contributed by atoms with E-state index < -0.39 is 0 Å². The summed E-state index contributed by atoms with van der Waals surface area (Å²) in [6.07, 6.45) is 0. The lowest BCUT2D eigenvalue weighted by Crippen LogP contribution is -2.08. The van der Waals surface area contributed by atoms with E-state index in [0.29, 0.717) is 11.1 Å². The number of carbonyl (C=O) groups excluding carboxylic acids is 1. The van der Waals surface area contributed by atoms with Crippen LogP contribution in [0.2, 0.25) is 0 Å². The molecule has 0 N–H and O–H groups in total. The van der Waals surface area contributed by atoms with Crippen molar-refractivity contribution in [3.8, 4) is 17.2 Å². The molecular weight excluding hydrogens is 360 g/mol. The van der Waals surface area contributed by atoms with Gasteiger partial charge in [0.1, 0.15) is 5.75 Å². The molecule has 6 heteroatoms. The first-order valence-corrected chi connectivity index (χ1v) is 9.60.